The van der Waals surface area contributed by atoms with Crippen molar-refractivity contribution in [1.29, 1.82) is 0 Å². The lowest BCUT2D eigenvalue weighted by Crippen LogP contribution is -2.49. The van der Waals surface area contributed by atoms with Gasteiger partial charge in [-0.25, -0.2) is 0 Å². The van der Waals surface area contributed by atoms with Crippen LogP contribution in [0.3, 0.4) is 0 Å². The smallest absolute Gasteiger partial charge is 0.223 e. The maximum atomic E-state index is 12.0. The molecular formula is C12H23ClN2O. The van der Waals surface area contributed by atoms with Crippen LogP contribution >= 0.6 is 12.4 Å². The predicted octanol–water partition coefficient (Wildman–Crippen LogP) is 1.79. The van der Waals surface area contributed by atoms with Crippen molar-refractivity contribution in [3.05, 3.63) is 0 Å². The molecule has 2 rings (SSSR count). The molecule has 2 atom stereocenters. The summed E-state index contributed by atoms with van der Waals surface area (Å²) >= 11 is 0. The molecule has 2 aliphatic rings. The van der Waals surface area contributed by atoms with Crippen molar-refractivity contribution in [3.63, 3.8) is 0 Å². The van der Waals surface area contributed by atoms with Crippen LogP contribution in [-0.2, 0) is 4.79 Å². The highest BCUT2D eigenvalue weighted by Crippen LogP contribution is 2.34. The number of carbonyl (C=O) groups excluding carboxylic acids is 1. The fourth-order valence-electron chi connectivity index (χ4n) is 2.49. The Labute approximate surface area is 104 Å². The molecule has 94 valence electrons. The third-order valence-electron chi connectivity index (χ3n) is 3.73. The number of rotatable bonds is 3. The Balaban J connectivity index is 0.00000128. The summed E-state index contributed by atoms with van der Waals surface area (Å²) in [6, 6.07) is 0.306. The van der Waals surface area contributed by atoms with Crippen LogP contribution in [0.2, 0.25) is 0 Å². The van der Waals surface area contributed by atoms with Crippen LogP contribution in [0.4, 0.5) is 0 Å². The number of nitrogens with two attached hydrogens (primary N) is 1. The van der Waals surface area contributed by atoms with Crippen molar-refractivity contribution in [2.75, 3.05) is 13.1 Å². The topological polar surface area (TPSA) is 46.3 Å². The molecular weight excluding hydrogens is 224 g/mol. The molecule has 3 nitrogen and oxygen atoms in total. The minimum Gasteiger partial charge on any atom is -0.338 e. The van der Waals surface area contributed by atoms with E-state index in [9.17, 15) is 4.79 Å². The summed E-state index contributed by atoms with van der Waals surface area (Å²) in [7, 11) is 0. The molecule has 2 N–H and O–H groups in total. The molecule has 4 heteroatoms. The van der Waals surface area contributed by atoms with E-state index in [2.05, 4.69) is 6.92 Å². The van der Waals surface area contributed by atoms with Crippen molar-refractivity contribution in [1.82, 2.24) is 4.90 Å². The van der Waals surface area contributed by atoms with E-state index in [1.807, 2.05) is 4.90 Å². The lowest BCUT2D eigenvalue weighted by atomic mass is 9.92. The van der Waals surface area contributed by atoms with Crippen molar-refractivity contribution in [3.8, 4) is 0 Å². The maximum absolute atomic E-state index is 12.0. The molecule has 0 aromatic rings. The van der Waals surface area contributed by atoms with Gasteiger partial charge in [0.25, 0.3) is 0 Å². The summed E-state index contributed by atoms with van der Waals surface area (Å²) in [5.41, 5.74) is 5.75. The van der Waals surface area contributed by atoms with E-state index < -0.39 is 0 Å². The fourth-order valence-corrected chi connectivity index (χ4v) is 2.49. The first-order valence-electron chi connectivity index (χ1n) is 6.20. The van der Waals surface area contributed by atoms with Crippen molar-refractivity contribution < 1.29 is 4.79 Å². The monoisotopic (exact) mass is 246 g/mol. The molecule has 1 saturated heterocycles. The Bertz CT molecular complexity index is 243. The standard InChI is InChI=1S/C12H22N2O.ClH/c1-9-4-5-14(11(6-9)8-13)12(15)7-10-2-3-10;/h9-11H,2-8,13H2,1H3;1H. The summed E-state index contributed by atoms with van der Waals surface area (Å²) in [4.78, 5) is 14.0. The largest absolute Gasteiger partial charge is 0.338 e. The quantitative estimate of drug-likeness (QED) is 0.826. The molecule has 1 aliphatic heterocycles. The van der Waals surface area contributed by atoms with Gasteiger partial charge in [-0.3, -0.25) is 4.79 Å². The fraction of sp³-hybridized carbons (Fsp3) is 0.917. The van der Waals surface area contributed by atoms with Gasteiger partial charge in [0, 0.05) is 25.6 Å². The number of likely N-dealkylation sites (tertiary alicyclic amines) is 1. The third kappa shape index (κ3) is 3.36. The molecule has 1 heterocycles. The van der Waals surface area contributed by atoms with Gasteiger partial charge in [0.1, 0.15) is 0 Å². The Kier molecular flexibility index (Phi) is 5.06. The van der Waals surface area contributed by atoms with E-state index in [-0.39, 0.29) is 12.4 Å². The third-order valence-corrected chi connectivity index (χ3v) is 3.73. The number of nitrogens with zero attached hydrogens (tertiary/aromatic N) is 1. The number of hydrogen-bond donors (Lipinski definition) is 1. The summed E-state index contributed by atoms with van der Waals surface area (Å²) in [6.45, 7) is 3.81. The van der Waals surface area contributed by atoms with Gasteiger partial charge in [-0.2, -0.15) is 0 Å². The number of carbonyl (C=O) groups is 1. The first kappa shape index (κ1) is 13.8. The minimum atomic E-state index is 0. The van der Waals surface area contributed by atoms with Gasteiger partial charge in [0.2, 0.25) is 5.91 Å². The molecule has 0 aromatic carbocycles. The summed E-state index contributed by atoms with van der Waals surface area (Å²) in [5, 5.41) is 0. The highest BCUT2D eigenvalue weighted by atomic mass is 35.5. The summed E-state index contributed by atoms with van der Waals surface area (Å²) in [5.74, 6) is 1.76. The Morgan fingerprint density at radius 3 is 2.62 bits per heavy atom. The van der Waals surface area contributed by atoms with Crippen molar-refractivity contribution in [2.45, 2.75) is 45.1 Å². The van der Waals surface area contributed by atoms with Crippen LogP contribution in [0.25, 0.3) is 0 Å². The van der Waals surface area contributed by atoms with Crippen LogP contribution in [0.1, 0.15) is 39.0 Å². The molecule has 1 saturated carbocycles. The van der Waals surface area contributed by atoms with E-state index >= 15 is 0 Å². The SMILES string of the molecule is CC1CCN(C(=O)CC2CC2)C(CN)C1.Cl. The lowest BCUT2D eigenvalue weighted by Gasteiger charge is -2.38. The molecule has 16 heavy (non-hydrogen) atoms. The first-order valence-corrected chi connectivity index (χ1v) is 6.20. The van der Waals surface area contributed by atoms with Gasteiger partial charge in [-0.15, -0.1) is 12.4 Å². The molecule has 0 bridgehead atoms. The maximum Gasteiger partial charge on any atom is 0.223 e. The summed E-state index contributed by atoms with van der Waals surface area (Å²) in [6.07, 6.45) is 5.51. The van der Waals surface area contributed by atoms with Gasteiger partial charge in [0.05, 0.1) is 0 Å². The second kappa shape index (κ2) is 5.87. The minimum absolute atomic E-state index is 0. The number of hydrogen-bond acceptors (Lipinski definition) is 2. The Hall–Kier alpha value is -0.280. The van der Waals surface area contributed by atoms with Crippen LogP contribution in [0.15, 0.2) is 0 Å². The second-order valence-corrected chi connectivity index (χ2v) is 5.25. The van der Waals surface area contributed by atoms with Crippen LogP contribution in [-0.4, -0.2) is 29.9 Å². The van der Waals surface area contributed by atoms with E-state index in [1.54, 1.807) is 0 Å². The normalized spacial score (nSPS) is 29.8. The van der Waals surface area contributed by atoms with E-state index in [4.69, 9.17) is 5.73 Å². The molecule has 0 spiro atoms. The molecule has 1 aliphatic carbocycles. The Morgan fingerprint density at radius 2 is 2.06 bits per heavy atom. The van der Waals surface area contributed by atoms with E-state index in [0.29, 0.717) is 24.4 Å². The number of piperidine rings is 1. The van der Waals surface area contributed by atoms with E-state index in [0.717, 1.165) is 31.7 Å². The lowest BCUT2D eigenvalue weighted by molar-refractivity contribution is -0.135. The number of halogens is 1. The van der Waals surface area contributed by atoms with Crippen LogP contribution in [0.5, 0.6) is 0 Å². The van der Waals surface area contributed by atoms with Crippen LogP contribution < -0.4 is 5.73 Å². The highest BCUT2D eigenvalue weighted by molar-refractivity contribution is 5.85. The van der Waals surface area contributed by atoms with Crippen molar-refractivity contribution in [2.24, 2.45) is 17.6 Å². The number of amides is 1. The van der Waals surface area contributed by atoms with Crippen LogP contribution in [0, 0.1) is 11.8 Å². The van der Waals surface area contributed by atoms with Gasteiger partial charge >= 0.3 is 0 Å². The van der Waals surface area contributed by atoms with Gasteiger partial charge < -0.3 is 10.6 Å². The zero-order valence-corrected chi connectivity index (χ0v) is 10.8. The second-order valence-electron chi connectivity index (χ2n) is 5.25. The molecule has 0 aromatic heterocycles. The highest BCUT2D eigenvalue weighted by Gasteiger charge is 2.32. The zero-order chi connectivity index (χ0) is 10.8. The molecule has 2 unspecified atom stereocenters. The zero-order valence-electron chi connectivity index (χ0n) is 10.0. The van der Waals surface area contributed by atoms with E-state index in [1.165, 1.54) is 12.8 Å². The Morgan fingerprint density at radius 1 is 1.38 bits per heavy atom. The van der Waals surface area contributed by atoms with Gasteiger partial charge in [-0.05, 0) is 37.5 Å². The molecule has 2 fully saturated rings. The van der Waals surface area contributed by atoms with Crippen molar-refractivity contribution >= 4 is 18.3 Å². The average molecular weight is 247 g/mol. The predicted molar refractivity (Wildman–Crippen MR) is 67.5 cm³/mol. The van der Waals surface area contributed by atoms with Gasteiger partial charge in [0.15, 0.2) is 0 Å². The molecule has 1 amide bonds. The first-order chi connectivity index (χ1) is 7.20. The molecule has 0 radical (unpaired) electrons. The van der Waals surface area contributed by atoms with Gasteiger partial charge in [-0.1, -0.05) is 6.92 Å². The summed E-state index contributed by atoms with van der Waals surface area (Å²) < 4.78 is 0. The average Bonchev–Trinajstić information content (AvgIpc) is 3.01.